The molecule has 1 heterocycles. The summed E-state index contributed by atoms with van der Waals surface area (Å²) in [4.78, 5) is 136. The number of unbranched alkanes of at least 4 members (excludes halogenated alkanes) is 24. The van der Waals surface area contributed by atoms with E-state index in [0.717, 1.165) is 61.6 Å². The molecule has 1 aromatic carbocycles. The number of nitrogens with one attached hydrogen (secondary N) is 2. The Labute approximate surface area is 633 Å². The van der Waals surface area contributed by atoms with Gasteiger partial charge in [-0.1, -0.05) is 168 Å². The first kappa shape index (κ1) is 95.2. The third kappa shape index (κ3) is 47.7. The van der Waals surface area contributed by atoms with E-state index in [9.17, 15) is 52.9 Å². The van der Waals surface area contributed by atoms with Crippen molar-refractivity contribution in [1.82, 2.24) is 10.6 Å². The zero-order chi connectivity index (χ0) is 78.2. The molecular weight excluding hydrogens is 1400 g/mol. The largest absolute Gasteiger partial charge is 0.481 e. The third-order valence-electron chi connectivity index (χ3n) is 18.3. The number of thioether (sulfide) groups is 1. The van der Waals surface area contributed by atoms with Gasteiger partial charge in [0.1, 0.15) is 6.61 Å². The van der Waals surface area contributed by atoms with Gasteiger partial charge in [0.15, 0.2) is 41.5 Å². The summed E-state index contributed by atoms with van der Waals surface area (Å²) in [5.74, 6) is -6.78. The Balaban J connectivity index is 2.12. The summed E-state index contributed by atoms with van der Waals surface area (Å²) >= 11 is 1.02. The molecule has 1 saturated heterocycles. The molecule has 1 aliphatic rings. The van der Waals surface area contributed by atoms with Gasteiger partial charge in [-0.2, -0.15) is 0 Å². The molecule has 0 aromatic heterocycles. The van der Waals surface area contributed by atoms with Gasteiger partial charge in [0.2, 0.25) is 11.8 Å². The molecular formula is C74H132N15O15PS. The number of phosphoric acid groups is 1. The zero-order valence-corrected chi connectivity index (χ0v) is 65.3. The number of carboxylic acids is 1. The Morgan fingerprint density at radius 2 is 0.991 bits per heavy atom. The molecule has 1 fully saturated rings. The summed E-state index contributed by atoms with van der Waals surface area (Å²) in [6.07, 6.45) is 30.6. The number of hydrogen-bond acceptors (Lipinski definition) is 19. The Kier molecular flexibility index (Phi) is 53.0. The van der Waals surface area contributed by atoms with Crippen molar-refractivity contribution in [2.75, 3.05) is 63.2 Å². The van der Waals surface area contributed by atoms with E-state index in [2.05, 4.69) is 44.5 Å². The Morgan fingerprint density at radius 1 is 0.557 bits per heavy atom. The number of rotatable bonds is 68. The van der Waals surface area contributed by atoms with Gasteiger partial charge in [-0.3, -0.25) is 67.4 Å². The molecule has 0 aliphatic carbocycles. The van der Waals surface area contributed by atoms with Crippen LogP contribution < -0.4 is 61.4 Å². The number of aliphatic imine (C=N–C) groups is 4. The van der Waals surface area contributed by atoms with Gasteiger partial charge in [0.25, 0.3) is 5.91 Å². The fourth-order valence-corrected chi connectivity index (χ4v) is 14.1. The molecule has 3 amide bonds. The third-order valence-corrected chi connectivity index (χ3v) is 20.4. The lowest BCUT2D eigenvalue weighted by atomic mass is 9.90. The second-order valence-corrected chi connectivity index (χ2v) is 30.3. The fourth-order valence-electron chi connectivity index (χ4n) is 12.3. The van der Waals surface area contributed by atoms with Crippen molar-refractivity contribution in [2.24, 2.45) is 77.7 Å². The average Bonchev–Trinajstić information content (AvgIpc) is 1.65. The smallest absolute Gasteiger partial charge is 0.472 e. The molecule has 604 valence electrons. The average molecular weight is 1540 g/mol. The van der Waals surface area contributed by atoms with Crippen LogP contribution in [0.5, 0.6) is 0 Å². The van der Waals surface area contributed by atoms with Crippen LogP contribution in [0, 0.1) is 11.8 Å². The maximum atomic E-state index is 14.5. The summed E-state index contributed by atoms with van der Waals surface area (Å²) in [6.45, 7) is 3.92. The highest BCUT2D eigenvalue weighted by Crippen LogP contribution is 2.44. The van der Waals surface area contributed by atoms with Gasteiger partial charge in [0.05, 0.1) is 42.2 Å². The summed E-state index contributed by atoms with van der Waals surface area (Å²) in [5, 5.41) is 15.3. The number of phosphoric ester groups is 1. The van der Waals surface area contributed by atoms with E-state index < -0.39 is 85.3 Å². The number of nitrogens with zero attached hydrogens (tertiary/aromatic N) is 5. The van der Waals surface area contributed by atoms with Crippen LogP contribution in [0.1, 0.15) is 275 Å². The molecule has 6 unspecified atom stereocenters. The number of anilines is 1. The summed E-state index contributed by atoms with van der Waals surface area (Å²) in [6, 6.07) is 3.69. The molecule has 32 heteroatoms. The Hall–Kier alpha value is -6.92. The van der Waals surface area contributed by atoms with Crippen LogP contribution in [0.4, 0.5) is 5.69 Å². The number of aliphatic carboxylic acids is 1. The maximum absolute atomic E-state index is 14.5. The van der Waals surface area contributed by atoms with Crippen LogP contribution in [0.3, 0.4) is 0 Å². The van der Waals surface area contributed by atoms with E-state index in [1.807, 2.05) is 0 Å². The predicted molar refractivity (Wildman–Crippen MR) is 420 cm³/mol. The number of benzene rings is 1. The first-order valence-corrected chi connectivity index (χ1v) is 41.5. The van der Waals surface area contributed by atoms with Gasteiger partial charge < -0.3 is 76.0 Å². The fraction of sp³-hybridized carbons (Fsp3) is 0.757. The van der Waals surface area contributed by atoms with Gasteiger partial charge >= 0.3 is 25.7 Å². The lowest BCUT2D eigenvalue weighted by molar-refractivity contribution is -0.161. The summed E-state index contributed by atoms with van der Waals surface area (Å²) < 4.78 is 34.9. The van der Waals surface area contributed by atoms with Crippen LogP contribution in [0.2, 0.25) is 0 Å². The standard InChI is InChI=1S/C74H132N15O15PS/c1-3-5-7-9-11-13-15-17-19-21-23-25-27-37-66(93)101-53-59(104-67(94)38-28-26-24-22-20-18-16-14-12-10-8-6-4-2)54-103-105(99,100)102-47-48-106-64-51-65(92)89(69(64)96)58-41-39-56(40-42-58)68(95)88-61(36-32-46-86-74(81)82)62(90)49-55(33-29-43-83-71(75)76)52-87-60(35-31-45-85-73(79)80)63(91)50-57(70(97)98)34-30-44-84-72(77)78/h39-42,55,57,59-61,64,87H,3-38,43-54H2,1-2H3,(H,88,95)(H,97,98)(H,99,100)(H4,75,76,83)(H4,77,78,84)(H4,79,80,85)(H4,81,82,86)/t55?,57?,59-,60?,61?,64?/m1/s1. The summed E-state index contributed by atoms with van der Waals surface area (Å²) in [7, 11) is -4.79. The van der Waals surface area contributed by atoms with Crippen molar-refractivity contribution in [1.29, 1.82) is 0 Å². The van der Waals surface area contributed by atoms with Gasteiger partial charge in [0, 0.05) is 69.6 Å². The van der Waals surface area contributed by atoms with Crippen LogP contribution in [-0.4, -0.2) is 163 Å². The molecule has 1 aliphatic heterocycles. The number of Topliss-reactive ketones (excluding diaryl/α,β-unsaturated/α-hetero) is 2. The second-order valence-electron chi connectivity index (χ2n) is 27.6. The van der Waals surface area contributed by atoms with Gasteiger partial charge in [-0.05, 0) is 101 Å². The van der Waals surface area contributed by atoms with Gasteiger partial charge in [-0.25, -0.2) is 9.46 Å². The number of nitrogens with two attached hydrogens (primary N) is 8. The van der Waals surface area contributed by atoms with Crippen LogP contribution in [0.25, 0.3) is 0 Å². The number of ketones is 2. The highest BCUT2D eigenvalue weighted by atomic mass is 32.2. The molecule has 20 N–H and O–H groups in total. The normalized spacial score (nSPS) is 14.8. The highest BCUT2D eigenvalue weighted by molar-refractivity contribution is 8.00. The van der Waals surface area contributed by atoms with Gasteiger partial charge in [-0.15, -0.1) is 11.8 Å². The van der Waals surface area contributed by atoms with Crippen molar-refractivity contribution >= 4 is 96.3 Å². The molecule has 0 saturated carbocycles. The van der Waals surface area contributed by atoms with Crippen LogP contribution in [-0.2, 0) is 56.6 Å². The van der Waals surface area contributed by atoms with Crippen LogP contribution >= 0.6 is 19.6 Å². The van der Waals surface area contributed by atoms with E-state index in [4.69, 9.17) is 64.4 Å². The first-order chi connectivity index (χ1) is 50.9. The van der Waals surface area contributed by atoms with E-state index in [-0.39, 0.29) is 156 Å². The maximum Gasteiger partial charge on any atom is 0.472 e. The molecule has 2 rings (SSSR count). The minimum atomic E-state index is -4.79. The Morgan fingerprint density at radius 3 is 1.46 bits per heavy atom. The lowest BCUT2D eigenvalue weighted by Crippen LogP contribution is -2.44. The minimum absolute atomic E-state index is 0.0125. The topological polar surface area (TPSA) is 516 Å². The van der Waals surface area contributed by atoms with Crippen molar-refractivity contribution in [3.05, 3.63) is 29.8 Å². The number of hydrogen-bond donors (Lipinski definition) is 12. The second kappa shape index (κ2) is 59.1. The van der Waals surface area contributed by atoms with Crippen molar-refractivity contribution in [3.8, 4) is 0 Å². The predicted octanol–water partition coefficient (Wildman–Crippen LogP) is 9.11. The van der Waals surface area contributed by atoms with Crippen molar-refractivity contribution < 1.29 is 71.4 Å². The van der Waals surface area contributed by atoms with E-state index in [1.165, 1.54) is 133 Å². The quantitative estimate of drug-likeness (QED) is 0.00722. The van der Waals surface area contributed by atoms with Crippen molar-refractivity contribution in [2.45, 2.75) is 288 Å². The first-order valence-electron chi connectivity index (χ1n) is 38.9. The van der Waals surface area contributed by atoms with Crippen LogP contribution in [0.15, 0.2) is 44.2 Å². The minimum Gasteiger partial charge on any atom is -0.481 e. The lowest BCUT2D eigenvalue weighted by Gasteiger charge is -2.25. The highest BCUT2D eigenvalue weighted by Gasteiger charge is 2.40. The number of carbonyl (C=O) groups excluding carboxylic acids is 7. The SMILES string of the molecule is CCCCCCCCCCCCCCCC(=O)OC[C@H](COP(=O)(O)OCCSC1CC(=O)N(c2ccc(C(=O)NC(CCCN=C(N)N)C(=O)CC(CCCN=C(N)N)CNC(CCCN=C(N)N)C(=O)CC(CCCN=C(N)N)C(=O)O)cc2)C1=O)OC(=O)CCCCCCCCCCCCCCC. The number of esters is 2. The number of ether oxygens (including phenoxy) is 2. The molecule has 7 atom stereocenters. The molecule has 0 spiro atoms. The van der Waals surface area contributed by atoms with E-state index in [1.54, 1.807) is 0 Å². The number of carbonyl (C=O) groups is 8. The molecule has 0 radical (unpaired) electrons. The number of amides is 3. The molecule has 30 nitrogen and oxygen atoms in total. The number of guanidine groups is 4. The van der Waals surface area contributed by atoms with E-state index >= 15 is 0 Å². The van der Waals surface area contributed by atoms with E-state index in [0.29, 0.717) is 38.5 Å². The van der Waals surface area contributed by atoms with Crippen molar-refractivity contribution in [3.63, 3.8) is 0 Å². The Bertz CT molecular complexity index is 2860. The summed E-state index contributed by atoms with van der Waals surface area (Å²) in [5.41, 5.74) is 44.6. The number of carboxylic acid groups (broad SMARTS) is 1. The number of imide groups is 1. The molecule has 106 heavy (non-hydrogen) atoms. The monoisotopic (exact) mass is 1530 g/mol. The zero-order valence-electron chi connectivity index (χ0n) is 63.6. The molecule has 0 bridgehead atoms. The molecule has 1 aromatic rings.